The molecule has 3 rings (SSSR count). The smallest absolute Gasteiger partial charge is 0.191 e. The number of aryl methyl sites for hydroxylation is 1. The van der Waals surface area contributed by atoms with Crippen molar-refractivity contribution in [1.29, 1.82) is 0 Å². The number of carbonyl (C=O) groups excluding carboxylic acids is 1. The predicted octanol–water partition coefficient (Wildman–Crippen LogP) is 2.90. The van der Waals surface area contributed by atoms with E-state index in [0.29, 0.717) is 11.8 Å². The van der Waals surface area contributed by atoms with Crippen LogP contribution < -0.4 is 0 Å². The lowest BCUT2D eigenvalue weighted by Gasteiger charge is -2.05. The first-order valence-electron chi connectivity index (χ1n) is 6.37. The van der Waals surface area contributed by atoms with E-state index in [0.717, 1.165) is 16.3 Å². The fraction of sp³-hybridized carbons (Fsp3) is 0.357. The van der Waals surface area contributed by atoms with Gasteiger partial charge in [-0.05, 0) is 25.3 Å². The summed E-state index contributed by atoms with van der Waals surface area (Å²) in [5, 5.41) is 8.87. The van der Waals surface area contributed by atoms with Crippen molar-refractivity contribution in [2.24, 2.45) is 0 Å². The van der Waals surface area contributed by atoms with Gasteiger partial charge in [0.15, 0.2) is 10.9 Å². The van der Waals surface area contributed by atoms with Gasteiger partial charge >= 0.3 is 0 Å². The molecule has 1 aromatic heterocycles. The first-order chi connectivity index (χ1) is 9.25. The van der Waals surface area contributed by atoms with Gasteiger partial charge in [-0.3, -0.25) is 4.79 Å². The van der Waals surface area contributed by atoms with Crippen LogP contribution in [0.15, 0.2) is 35.7 Å². The molecular formula is C14H15N3OS. The van der Waals surface area contributed by atoms with Crippen LogP contribution in [0.2, 0.25) is 0 Å². The SMILES string of the molecule is Cc1ccccc1C(=O)CSc1nncn1C1CC1. The van der Waals surface area contributed by atoms with Crippen LogP contribution >= 0.6 is 11.8 Å². The van der Waals surface area contributed by atoms with Gasteiger partial charge in [0.05, 0.1) is 5.75 Å². The number of benzene rings is 1. The molecular weight excluding hydrogens is 258 g/mol. The lowest BCUT2D eigenvalue weighted by Crippen LogP contribution is -2.06. The van der Waals surface area contributed by atoms with Gasteiger partial charge in [0.1, 0.15) is 6.33 Å². The zero-order valence-electron chi connectivity index (χ0n) is 10.7. The van der Waals surface area contributed by atoms with E-state index >= 15 is 0 Å². The monoisotopic (exact) mass is 273 g/mol. The van der Waals surface area contributed by atoms with E-state index in [2.05, 4.69) is 14.8 Å². The Morgan fingerprint density at radius 2 is 2.21 bits per heavy atom. The highest BCUT2D eigenvalue weighted by Crippen LogP contribution is 2.37. The first-order valence-corrected chi connectivity index (χ1v) is 7.35. The minimum absolute atomic E-state index is 0.147. The summed E-state index contributed by atoms with van der Waals surface area (Å²) in [7, 11) is 0. The van der Waals surface area contributed by atoms with Crippen molar-refractivity contribution in [3.63, 3.8) is 0 Å². The largest absolute Gasteiger partial charge is 0.306 e. The number of Topliss-reactive ketones (excluding diaryl/α,β-unsaturated/α-hetero) is 1. The van der Waals surface area contributed by atoms with Gasteiger partial charge in [-0.1, -0.05) is 36.0 Å². The normalized spacial score (nSPS) is 14.6. The van der Waals surface area contributed by atoms with Gasteiger partial charge in [0.2, 0.25) is 0 Å². The number of carbonyl (C=O) groups is 1. The van der Waals surface area contributed by atoms with Gasteiger partial charge in [-0.2, -0.15) is 0 Å². The molecule has 0 amide bonds. The zero-order chi connectivity index (χ0) is 13.2. The molecule has 0 saturated heterocycles. The van der Waals surface area contributed by atoms with Crippen molar-refractivity contribution in [3.05, 3.63) is 41.7 Å². The lowest BCUT2D eigenvalue weighted by atomic mass is 10.1. The average Bonchev–Trinajstić information content (AvgIpc) is 3.15. The van der Waals surface area contributed by atoms with E-state index in [4.69, 9.17) is 0 Å². The molecule has 1 aliphatic rings. The van der Waals surface area contributed by atoms with Crippen molar-refractivity contribution in [1.82, 2.24) is 14.8 Å². The zero-order valence-corrected chi connectivity index (χ0v) is 11.6. The molecule has 98 valence electrons. The summed E-state index contributed by atoms with van der Waals surface area (Å²) >= 11 is 1.47. The Morgan fingerprint density at radius 1 is 1.42 bits per heavy atom. The van der Waals surface area contributed by atoms with Crippen LogP contribution in [0.5, 0.6) is 0 Å². The molecule has 0 bridgehead atoms. The van der Waals surface area contributed by atoms with E-state index in [1.807, 2.05) is 31.2 Å². The predicted molar refractivity (Wildman–Crippen MR) is 74.5 cm³/mol. The molecule has 1 aliphatic carbocycles. The van der Waals surface area contributed by atoms with Crippen molar-refractivity contribution in [2.45, 2.75) is 31.0 Å². The highest BCUT2D eigenvalue weighted by molar-refractivity contribution is 7.99. The third-order valence-electron chi connectivity index (χ3n) is 3.26. The summed E-state index contributed by atoms with van der Waals surface area (Å²) in [5.41, 5.74) is 1.82. The number of thioether (sulfide) groups is 1. The molecule has 5 heteroatoms. The third-order valence-corrected chi connectivity index (χ3v) is 4.22. The Hall–Kier alpha value is -1.62. The van der Waals surface area contributed by atoms with Crippen LogP contribution in [-0.4, -0.2) is 26.3 Å². The quantitative estimate of drug-likeness (QED) is 0.621. The Bertz CT molecular complexity index is 604. The molecule has 1 heterocycles. The number of ketones is 1. The molecule has 1 saturated carbocycles. The molecule has 1 aromatic carbocycles. The fourth-order valence-electron chi connectivity index (χ4n) is 2.03. The second-order valence-corrected chi connectivity index (χ2v) is 5.72. The second-order valence-electron chi connectivity index (χ2n) is 4.78. The van der Waals surface area contributed by atoms with Crippen molar-refractivity contribution < 1.29 is 4.79 Å². The van der Waals surface area contributed by atoms with E-state index in [1.165, 1.54) is 24.6 Å². The fourth-order valence-corrected chi connectivity index (χ4v) is 2.90. The van der Waals surface area contributed by atoms with Crippen LogP contribution in [0.3, 0.4) is 0 Å². The van der Waals surface area contributed by atoms with Gasteiger partial charge < -0.3 is 4.57 Å². The van der Waals surface area contributed by atoms with Crippen molar-refractivity contribution in [3.8, 4) is 0 Å². The van der Waals surface area contributed by atoms with Gasteiger partial charge in [0.25, 0.3) is 0 Å². The van der Waals surface area contributed by atoms with Crippen molar-refractivity contribution in [2.75, 3.05) is 5.75 Å². The number of aromatic nitrogens is 3. The van der Waals surface area contributed by atoms with E-state index in [9.17, 15) is 4.79 Å². The molecule has 1 fully saturated rings. The maximum Gasteiger partial charge on any atom is 0.191 e. The van der Waals surface area contributed by atoms with Gasteiger partial charge in [0, 0.05) is 11.6 Å². The molecule has 0 radical (unpaired) electrons. The van der Waals surface area contributed by atoms with Gasteiger partial charge in [-0.25, -0.2) is 0 Å². The molecule has 0 N–H and O–H groups in total. The molecule has 4 nitrogen and oxygen atoms in total. The molecule has 0 aliphatic heterocycles. The Balaban J connectivity index is 1.67. The maximum atomic E-state index is 12.2. The Morgan fingerprint density at radius 3 is 2.95 bits per heavy atom. The Labute approximate surface area is 116 Å². The van der Waals surface area contributed by atoms with Crippen LogP contribution in [0.4, 0.5) is 0 Å². The Kier molecular flexibility index (Phi) is 3.38. The molecule has 2 aromatic rings. The summed E-state index contributed by atoms with van der Waals surface area (Å²) in [6.07, 6.45) is 4.15. The standard InChI is InChI=1S/C14H15N3OS/c1-10-4-2-3-5-12(10)13(18)8-19-14-16-15-9-17(14)11-6-7-11/h2-5,9,11H,6-8H2,1H3. The summed E-state index contributed by atoms with van der Waals surface area (Å²) < 4.78 is 2.08. The highest BCUT2D eigenvalue weighted by atomic mass is 32.2. The highest BCUT2D eigenvalue weighted by Gasteiger charge is 2.26. The van der Waals surface area contributed by atoms with E-state index in [-0.39, 0.29) is 5.78 Å². The summed E-state index contributed by atoms with van der Waals surface area (Å²) in [6.45, 7) is 1.96. The molecule has 0 spiro atoms. The summed E-state index contributed by atoms with van der Waals surface area (Å²) in [5.74, 6) is 0.560. The molecule has 19 heavy (non-hydrogen) atoms. The lowest BCUT2D eigenvalue weighted by molar-refractivity contribution is 0.102. The van der Waals surface area contributed by atoms with Crippen LogP contribution in [0, 0.1) is 6.92 Å². The first kappa shape index (κ1) is 12.4. The molecule has 0 unspecified atom stereocenters. The van der Waals surface area contributed by atoms with E-state index in [1.54, 1.807) is 6.33 Å². The minimum Gasteiger partial charge on any atom is -0.306 e. The maximum absolute atomic E-state index is 12.2. The topological polar surface area (TPSA) is 47.8 Å². The number of hydrogen-bond acceptors (Lipinski definition) is 4. The van der Waals surface area contributed by atoms with Crippen LogP contribution in [0.1, 0.15) is 34.8 Å². The average molecular weight is 273 g/mol. The second kappa shape index (κ2) is 5.17. The number of hydrogen-bond donors (Lipinski definition) is 0. The van der Waals surface area contributed by atoms with Crippen LogP contribution in [0.25, 0.3) is 0 Å². The van der Waals surface area contributed by atoms with Crippen LogP contribution in [-0.2, 0) is 0 Å². The number of nitrogens with zero attached hydrogens (tertiary/aromatic N) is 3. The summed E-state index contributed by atoms with van der Waals surface area (Å²) in [6, 6.07) is 8.24. The van der Waals surface area contributed by atoms with Crippen molar-refractivity contribution >= 4 is 17.5 Å². The molecule has 0 atom stereocenters. The summed E-state index contributed by atoms with van der Waals surface area (Å²) in [4.78, 5) is 12.2. The van der Waals surface area contributed by atoms with Gasteiger partial charge in [-0.15, -0.1) is 10.2 Å². The minimum atomic E-state index is 0.147. The third kappa shape index (κ3) is 2.71. The van der Waals surface area contributed by atoms with E-state index < -0.39 is 0 Å². The number of rotatable bonds is 5.